The van der Waals surface area contributed by atoms with Crippen molar-refractivity contribution in [3.63, 3.8) is 0 Å². The molecule has 0 aromatic heterocycles. The van der Waals surface area contributed by atoms with Crippen molar-refractivity contribution in [3.05, 3.63) is 34.3 Å². The van der Waals surface area contributed by atoms with E-state index in [4.69, 9.17) is 11.6 Å². The van der Waals surface area contributed by atoms with Crippen molar-refractivity contribution in [2.75, 3.05) is 26.2 Å². The summed E-state index contributed by atoms with van der Waals surface area (Å²) < 4.78 is 0. The Labute approximate surface area is 108 Å². The number of fused-ring (bicyclic) bond motifs is 3. The number of piperazine rings is 1. The third kappa shape index (κ3) is 1.79. The lowest BCUT2D eigenvalue weighted by Crippen LogP contribution is -2.53. The van der Waals surface area contributed by atoms with Gasteiger partial charge in [-0.05, 0) is 17.2 Å². The second kappa shape index (κ2) is 3.98. The van der Waals surface area contributed by atoms with Crippen LogP contribution in [-0.2, 0) is 5.41 Å². The number of benzene rings is 1. The van der Waals surface area contributed by atoms with Gasteiger partial charge < -0.3 is 5.32 Å². The molecule has 1 fully saturated rings. The predicted octanol–water partition coefficient (Wildman–Crippen LogP) is 2.58. The quantitative estimate of drug-likeness (QED) is 0.762. The average molecular weight is 251 g/mol. The summed E-state index contributed by atoms with van der Waals surface area (Å²) in [7, 11) is 0. The fourth-order valence-electron chi connectivity index (χ4n) is 3.36. The molecule has 1 aromatic carbocycles. The van der Waals surface area contributed by atoms with Crippen LogP contribution in [0.3, 0.4) is 0 Å². The molecule has 2 heterocycles. The first kappa shape index (κ1) is 11.5. The highest BCUT2D eigenvalue weighted by Gasteiger charge is 2.39. The zero-order chi connectivity index (χ0) is 12.0. The van der Waals surface area contributed by atoms with Crippen molar-refractivity contribution < 1.29 is 0 Å². The molecular weight excluding hydrogens is 232 g/mol. The maximum atomic E-state index is 6.42. The van der Waals surface area contributed by atoms with Gasteiger partial charge in [0.05, 0.1) is 0 Å². The Balaban J connectivity index is 2.14. The summed E-state index contributed by atoms with van der Waals surface area (Å²) in [5.74, 6) is 0. The van der Waals surface area contributed by atoms with Crippen LogP contribution in [0.2, 0.25) is 5.02 Å². The highest BCUT2D eigenvalue weighted by molar-refractivity contribution is 6.31. The van der Waals surface area contributed by atoms with Crippen LogP contribution in [-0.4, -0.2) is 31.1 Å². The van der Waals surface area contributed by atoms with Crippen LogP contribution < -0.4 is 5.32 Å². The molecule has 2 aliphatic heterocycles. The molecule has 0 radical (unpaired) electrons. The van der Waals surface area contributed by atoms with Gasteiger partial charge in [-0.1, -0.05) is 37.6 Å². The molecule has 2 nitrogen and oxygen atoms in total. The average Bonchev–Trinajstić information content (AvgIpc) is 2.28. The van der Waals surface area contributed by atoms with Gasteiger partial charge in [-0.3, -0.25) is 4.90 Å². The SMILES string of the molecule is CC1(C)CN2CCNCC2c2cccc(Cl)c21. The Bertz CT molecular complexity index is 442. The molecule has 0 amide bonds. The van der Waals surface area contributed by atoms with Gasteiger partial charge >= 0.3 is 0 Å². The molecule has 0 saturated carbocycles. The van der Waals surface area contributed by atoms with Gasteiger partial charge in [0.25, 0.3) is 0 Å². The minimum absolute atomic E-state index is 0.154. The van der Waals surface area contributed by atoms with E-state index in [9.17, 15) is 0 Å². The lowest BCUT2D eigenvalue weighted by Gasteiger charge is -2.47. The van der Waals surface area contributed by atoms with Crippen LogP contribution >= 0.6 is 11.6 Å². The first-order valence-electron chi connectivity index (χ1n) is 6.33. The molecule has 2 aliphatic rings. The zero-order valence-electron chi connectivity index (χ0n) is 10.5. The van der Waals surface area contributed by atoms with Gasteiger partial charge in [-0.15, -0.1) is 0 Å². The molecule has 3 heteroatoms. The van der Waals surface area contributed by atoms with E-state index < -0.39 is 0 Å². The number of hydrogen-bond donors (Lipinski definition) is 1. The molecule has 1 atom stereocenters. The highest BCUT2D eigenvalue weighted by atomic mass is 35.5. The van der Waals surface area contributed by atoms with E-state index >= 15 is 0 Å². The van der Waals surface area contributed by atoms with Crippen LogP contribution in [0.4, 0.5) is 0 Å². The van der Waals surface area contributed by atoms with Crippen LogP contribution in [0, 0.1) is 0 Å². The molecule has 0 aliphatic carbocycles. The monoisotopic (exact) mass is 250 g/mol. The molecule has 1 aromatic rings. The normalized spacial score (nSPS) is 27.4. The summed E-state index contributed by atoms with van der Waals surface area (Å²) in [5, 5.41) is 4.42. The third-order valence-electron chi connectivity index (χ3n) is 4.03. The Hall–Kier alpha value is -0.570. The first-order chi connectivity index (χ1) is 8.09. The van der Waals surface area contributed by atoms with Crippen molar-refractivity contribution in [2.24, 2.45) is 0 Å². The highest BCUT2D eigenvalue weighted by Crippen LogP contribution is 2.43. The van der Waals surface area contributed by atoms with Gasteiger partial charge in [-0.25, -0.2) is 0 Å². The number of nitrogens with one attached hydrogen (secondary N) is 1. The Morgan fingerprint density at radius 2 is 2.24 bits per heavy atom. The Kier molecular flexibility index (Phi) is 2.69. The molecule has 0 spiro atoms. The summed E-state index contributed by atoms with van der Waals surface area (Å²) >= 11 is 6.42. The minimum Gasteiger partial charge on any atom is -0.314 e. The molecule has 3 rings (SSSR count). The summed E-state index contributed by atoms with van der Waals surface area (Å²) in [6.07, 6.45) is 0. The fraction of sp³-hybridized carbons (Fsp3) is 0.571. The van der Waals surface area contributed by atoms with E-state index in [0.29, 0.717) is 6.04 Å². The molecule has 92 valence electrons. The number of hydrogen-bond acceptors (Lipinski definition) is 2. The van der Waals surface area contributed by atoms with Crippen LogP contribution in [0.5, 0.6) is 0 Å². The van der Waals surface area contributed by atoms with E-state index in [2.05, 4.69) is 36.2 Å². The molecular formula is C14H19ClN2. The second-order valence-electron chi connectivity index (χ2n) is 5.78. The fourth-order valence-corrected chi connectivity index (χ4v) is 3.80. The van der Waals surface area contributed by atoms with E-state index in [-0.39, 0.29) is 5.41 Å². The van der Waals surface area contributed by atoms with E-state index in [0.717, 1.165) is 31.2 Å². The van der Waals surface area contributed by atoms with Crippen LogP contribution in [0.25, 0.3) is 0 Å². The summed E-state index contributed by atoms with van der Waals surface area (Å²) in [4.78, 5) is 2.59. The third-order valence-corrected chi connectivity index (χ3v) is 4.35. The first-order valence-corrected chi connectivity index (χ1v) is 6.71. The smallest absolute Gasteiger partial charge is 0.0477 e. The molecule has 1 unspecified atom stereocenters. The van der Waals surface area contributed by atoms with Crippen molar-refractivity contribution in [3.8, 4) is 0 Å². The van der Waals surface area contributed by atoms with Crippen molar-refractivity contribution in [1.29, 1.82) is 0 Å². The van der Waals surface area contributed by atoms with Crippen molar-refractivity contribution >= 4 is 11.6 Å². The maximum Gasteiger partial charge on any atom is 0.0477 e. The zero-order valence-corrected chi connectivity index (χ0v) is 11.2. The van der Waals surface area contributed by atoms with Crippen LogP contribution in [0.1, 0.15) is 31.0 Å². The van der Waals surface area contributed by atoms with Crippen LogP contribution in [0.15, 0.2) is 18.2 Å². The summed E-state index contributed by atoms with van der Waals surface area (Å²) in [6, 6.07) is 6.85. The van der Waals surface area contributed by atoms with Gasteiger partial charge in [0.15, 0.2) is 0 Å². The van der Waals surface area contributed by atoms with Crippen molar-refractivity contribution in [2.45, 2.75) is 25.3 Å². The molecule has 0 bridgehead atoms. The minimum atomic E-state index is 0.154. The van der Waals surface area contributed by atoms with E-state index in [1.54, 1.807) is 0 Å². The lowest BCUT2D eigenvalue weighted by molar-refractivity contribution is 0.114. The Morgan fingerprint density at radius 3 is 3.06 bits per heavy atom. The summed E-state index contributed by atoms with van der Waals surface area (Å²) in [6.45, 7) is 8.99. The van der Waals surface area contributed by atoms with Gasteiger partial charge in [0.2, 0.25) is 0 Å². The van der Waals surface area contributed by atoms with E-state index in [1.807, 2.05) is 6.07 Å². The van der Waals surface area contributed by atoms with Crippen molar-refractivity contribution in [1.82, 2.24) is 10.2 Å². The standard InChI is InChI=1S/C14H19ClN2/c1-14(2)9-17-7-6-16-8-12(17)10-4-3-5-11(15)13(10)14/h3-5,12,16H,6-9H2,1-2H3. The Morgan fingerprint density at radius 1 is 1.41 bits per heavy atom. The largest absolute Gasteiger partial charge is 0.314 e. The summed E-state index contributed by atoms with van der Waals surface area (Å²) in [5.41, 5.74) is 2.93. The maximum absolute atomic E-state index is 6.42. The molecule has 17 heavy (non-hydrogen) atoms. The van der Waals surface area contributed by atoms with Gasteiger partial charge in [0, 0.05) is 42.7 Å². The van der Waals surface area contributed by atoms with Gasteiger partial charge in [-0.2, -0.15) is 0 Å². The number of nitrogens with zero attached hydrogens (tertiary/aromatic N) is 1. The van der Waals surface area contributed by atoms with Gasteiger partial charge in [0.1, 0.15) is 0 Å². The lowest BCUT2D eigenvalue weighted by atomic mass is 9.75. The van der Waals surface area contributed by atoms with E-state index in [1.165, 1.54) is 11.1 Å². The molecule has 1 saturated heterocycles. The second-order valence-corrected chi connectivity index (χ2v) is 6.19. The number of halogens is 1. The molecule has 1 N–H and O–H groups in total. The number of rotatable bonds is 0. The predicted molar refractivity (Wildman–Crippen MR) is 71.7 cm³/mol. The topological polar surface area (TPSA) is 15.3 Å².